The molecule has 17 heteroatoms. The van der Waals surface area contributed by atoms with Crippen molar-refractivity contribution >= 4 is 41.5 Å². The number of aromatic hydroxyl groups is 1. The lowest BCUT2D eigenvalue weighted by atomic mass is 10.0. The molecule has 0 aliphatic rings. The number of carbonyl (C=O) groups excluding carboxylic acids is 4. The molecule has 0 aromatic heterocycles. The molecule has 4 atom stereocenters. The van der Waals surface area contributed by atoms with E-state index in [1.54, 1.807) is 0 Å². The predicted octanol–water partition coefficient (Wildman–Crippen LogP) is -3.41. The standard InChI is InChI=1S/C24H36N8O9/c25-14(2-1-9-29-24(27)28)20(37)31-16(10-12-3-5-13(33)6-4-12)21(38)32-17(11-19(35)36)22(39)30-15(23(40)41)7-8-18(26)34/h3-6,14-17,33H,1-2,7-11,25H2,(H2,26,34)(H,30,39)(H,31,37)(H,32,38)(H,35,36)(H,40,41)(H4,27,28,29). The van der Waals surface area contributed by atoms with Gasteiger partial charge in [0.05, 0.1) is 12.5 Å². The molecule has 0 heterocycles. The minimum atomic E-state index is -1.75. The summed E-state index contributed by atoms with van der Waals surface area (Å²) in [4.78, 5) is 76.5. The highest BCUT2D eigenvalue weighted by atomic mass is 16.4. The molecule has 14 N–H and O–H groups in total. The number of carboxylic acids is 2. The van der Waals surface area contributed by atoms with Crippen LogP contribution in [0.3, 0.4) is 0 Å². The van der Waals surface area contributed by atoms with Gasteiger partial charge in [-0.25, -0.2) is 4.79 Å². The topological polar surface area (TPSA) is 316 Å². The van der Waals surface area contributed by atoms with Crippen molar-refractivity contribution in [2.24, 2.45) is 27.9 Å². The van der Waals surface area contributed by atoms with Crippen LogP contribution in [0.25, 0.3) is 0 Å². The highest BCUT2D eigenvalue weighted by Crippen LogP contribution is 2.12. The number of rotatable bonds is 18. The first-order valence-electron chi connectivity index (χ1n) is 12.4. The van der Waals surface area contributed by atoms with E-state index in [4.69, 9.17) is 22.9 Å². The quantitative estimate of drug-likeness (QED) is 0.0461. The van der Waals surface area contributed by atoms with Crippen LogP contribution in [0.1, 0.15) is 37.7 Å². The van der Waals surface area contributed by atoms with E-state index >= 15 is 0 Å². The average Bonchev–Trinajstić information content (AvgIpc) is 2.88. The van der Waals surface area contributed by atoms with E-state index in [9.17, 15) is 44.1 Å². The van der Waals surface area contributed by atoms with Crippen LogP contribution < -0.4 is 38.9 Å². The van der Waals surface area contributed by atoms with Crippen molar-refractivity contribution in [1.29, 1.82) is 0 Å². The zero-order chi connectivity index (χ0) is 31.1. The molecule has 0 saturated heterocycles. The summed E-state index contributed by atoms with van der Waals surface area (Å²) in [6, 6.07) is -0.108. The fourth-order valence-corrected chi connectivity index (χ4v) is 3.48. The summed E-state index contributed by atoms with van der Waals surface area (Å²) in [5.74, 6) is -6.84. The largest absolute Gasteiger partial charge is 0.508 e. The van der Waals surface area contributed by atoms with Gasteiger partial charge in [-0.2, -0.15) is 0 Å². The van der Waals surface area contributed by atoms with Crippen molar-refractivity contribution in [1.82, 2.24) is 16.0 Å². The monoisotopic (exact) mass is 580 g/mol. The van der Waals surface area contributed by atoms with Crippen LogP contribution in [-0.2, 0) is 35.2 Å². The number of aliphatic imine (C=N–C) groups is 1. The number of hydrogen-bond donors (Lipinski definition) is 10. The summed E-state index contributed by atoms with van der Waals surface area (Å²) in [6.45, 7) is 0.212. The molecule has 0 aliphatic carbocycles. The first-order chi connectivity index (χ1) is 19.2. The van der Waals surface area contributed by atoms with E-state index in [1.807, 2.05) is 0 Å². The molecule has 0 aliphatic heterocycles. The van der Waals surface area contributed by atoms with Crippen molar-refractivity contribution in [3.05, 3.63) is 29.8 Å². The van der Waals surface area contributed by atoms with Crippen LogP contribution in [0.15, 0.2) is 29.3 Å². The molecule has 0 bridgehead atoms. The zero-order valence-corrected chi connectivity index (χ0v) is 22.1. The number of amides is 4. The molecule has 0 radical (unpaired) electrons. The Balaban J connectivity index is 3.10. The number of phenols is 1. The fraction of sp³-hybridized carbons (Fsp3) is 0.458. The van der Waals surface area contributed by atoms with Crippen LogP contribution in [0.4, 0.5) is 0 Å². The minimum Gasteiger partial charge on any atom is -0.508 e. The SMILES string of the molecule is NC(=O)CCC(NC(=O)C(CC(=O)O)NC(=O)C(Cc1ccc(O)cc1)NC(=O)C(N)CCCN=C(N)N)C(=O)O. The summed E-state index contributed by atoms with van der Waals surface area (Å²) in [6.07, 6.45) is -1.31. The highest BCUT2D eigenvalue weighted by Gasteiger charge is 2.32. The Morgan fingerprint density at radius 3 is 1.90 bits per heavy atom. The molecular formula is C24H36N8O9. The maximum absolute atomic E-state index is 13.2. The summed E-state index contributed by atoms with van der Waals surface area (Å²) >= 11 is 0. The number of guanidine groups is 1. The Labute approximate surface area is 234 Å². The minimum absolute atomic E-state index is 0.0518. The lowest BCUT2D eigenvalue weighted by molar-refractivity contribution is -0.143. The number of nitrogens with one attached hydrogen (secondary N) is 3. The smallest absolute Gasteiger partial charge is 0.326 e. The third kappa shape index (κ3) is 13.6. The number of nitrogens with zero attached hydrogens (tertiary/aromatic N) is 1. The van der Waals surface area contributed by atoms with E-state index < -0.39 is 66.2 Å². The van der Waals surface area contributed by atoms with Crippen LogP contribution in [0.2, 0.25) is 0 Å². The lowest BCUT2D eigenvalue weighted by Crippen LogP contribution is -2.58. The Morgan fingerprint density at radius 2 is 1.37 bits per heavy atom. The van der Waals surface area contributed by atoms with E-state index in [1.165, 1.54) is 24.3 Å². The van der Waals surface area contributed by atoms with Crippen molar-refractivity contribution < 1.29 is 44.1 Å². The van der Waals surface area contributed by atoms with E-state index in [0.717, 1.165) is 0 Å². The van der Waals surface area contributed by atoms with Gasteiger partial charge in [0.2, 0.25) is 23.6 Å². The van der Waals surface area contributed by atoms with Crippen molar-refractivity contribution in [2.45, 2.75) is 62.7 Å². The molecule has 17 nitrogen and oxygen atoms in total. The third-order valence-electron chi connectivity index (χ3n) is 5.62. The molecule has 0 saturated carbocycles. The molecular weight excluding hydrogens is 544 g/mol. The number of carboxylic acid groups (broad SMARTS) is 2. The highest BCUT2D eigenvalue weighted by molar-refractivity contribution is 5.95. The number of primary amides is 1. The molecule has 1 aromatic carbocycles. The summed E-state index contributed by atoms with van der Waals surface area (Å²) in [7, 11) is 0. The number of nitrogens with two attached hydrogens (primary N) is 4. The normalized spacial score (nSPS) is 13.5. The van der Waals surface area contributed by atoms with Crippen LogP contribution in [0.5, 0.6) is 5.75 Å². The number of phenolic OH excluding ortho intramolecular Hbond substituents is 1. The average molecular weight is 581 g/mol. The van der Waals surface area contributed by atoms with Gasteiger partial charge in [0.15, 0.2) is 5.96 Å². The Hall–Kier alpha value is -4.93. The summed E-state index contributed by atoms with van der Waals surface area (Å²) < 4.78 is 0. The van der Waals surface area contributed by atoms with Gasteiger partial charge < -0.3 is 54.2 Å². The Bertz CT molecular complexity index is 1120. The maximum Gasteiger partial charge on any atom is 0.326 e. The number of aliphatic carboxylic acids is 2. The second-order valence-corrected chi connectivity index (χ2v) is 9.05. The summed E-state index contributed by atoms with van der Waals surface area (Å²) in [5.41, 5.74) is 21.9. The van der Waals surface area contributed by atoms with E-state index in [-0.39, 0.29) is 43.9 Å². The van der Waals surface area contributed by atoms with Crippen LogP contribution in [-0.4, -0.2) is 87.6 Å². The first kappa shape index (κ1) is 34.1. The molecule has 0 spiro atoms. The van der Waals surface area contributed by atoms with Gasteiger partial charge in [-0.05, 0) is 37.0 Å². The molecule has 4 amide bonds. The first-order valence-corrected chi connectivity index (χ1v) is 12.4. The zero-order valence-electron chi connectivity index (χ0n) is 22.1. The van der Waals surface area contributed by atoms with Gasteiger partial charge >= 0.3 is 11.9 Å². The fourth-order valence-electron chi connectivity index (χ4n) is 3.48. The van der Waals surface area contributed by atoms with Crippen molar-refractivity contribution in [3.8, 4) is 5.75 Å². The number of benzene rings is 1. The molecule has 0 fully saturated rings. The third-order valence-corrected chi connectivity index (χ3v) is 5.62. The van der Waals surface area contributed by atoms with Gasteiger partial charge in [-0.3, -0.25) is 29.0 Å². The van der Waals surface area contributed by atoms with E-state index in [0.29, 0.717) is 12.0 Å². The maximum atomic E-state index is 13.2. The predicted molar refractivity (Wildman–Crippen MR) is 144 cm³/mol. The van der Waals surface area contributed by atoms with Gasteiger partial charge in [0.1, 0.15) is 23.9 Å². The molecule has 226 valence electrons. The van der Waals surface area contributed by atoms with Crippen LogP contribution >= 0.6 is 0 Å². The number of carbonyl (C=O) groups is 6. The molecule has 1 rings (SSSR count). The molecule has 41 heavy (non-hydrogen) atoms. The van der Waals surface area contributed by atoms with Gasteiger partial charge in [-0.15, -0.1) is 0 Å². The van der Waals surface area contributed by atoms with Crippen LogP contribution in [0, 0.1) is 0 Å². The van der Waals surface area contributed by atoms with Crippen molar-refractivity contribution in [2.75, 3.05) is 6.54 Å². The number of hydrogen-bond acceptors (Lipinski definition) is 9. The Morgan fingerprint density at radius 1 is 0.805 bits per heavy atom. The van der Waals surface area contributed by atoms with Gasteiger partial charge in [0.25, 0.3) is 0 Å². The summed E-state index contributed by atoms with van der Waals surface area (Å²) in [5, 5.41) is 34.9. The van der Waals surface area contributed by atoms with Gasteiger partial charge in [-0.1, -0.05) is 12.1 Å². The van der Waals surface area contributed by atoms with Crippen molar-refractivity contribution in [3.63, 3.8) is 0 Å². The van der Waals surface area contributed by atoms with Gasteiger partial charge in [0, 0.05) is 19.4 Å². The Kier molecular flexibility index (Phi) is 14.1. The second kappa shape index (κ2) is 16.9. The lowest BCUT2D eigenvalue weighted by Gasteiger charge is -2.24. The molecule has 4 unspecified atom stereocenters. The molecule has 1 aromatic rings. The second-order valence-electron chi connectivity index (χ2n) is 9.05. The van der Waals surface area contributed by atoms with E-state index in [2.05, 4.69) is 20.9 Å².